The Hall–Kier alpha value is -1.99. The summed E-state index contributed by atoms with van der Waals surface area (Å²) in [5.74, 6) is -0.531. The third-order valence-corrected chi connectivity index (χ3v) is 3.14. The van der Waals surface area contributed by atoms with Crippen LogP contribution >= 0.6 is 15.9 Å². The monoisotopic (exact) mass is 341 g/mol. The molecule has 0 aliphatic carbocycles. The highest BCUT2D eigenvalue weighted by atomic mass is 79.9. The second kappa shape index (κ2) is 5.98. The number of halogens is 2. The van der Waals surface area contributed by atoms with E-state index in [9.17, 15) is 14.5 Å². The summed E-state index contributed by atoms with van der Waals surface area (Å²) >= 11 is 3.23. The smallest absolute Gasteiger partial charge is 0.311 e. The molecule has 0 aromatic heterocycles. The predicted octanol–water partition coefficient (Wildman–Crippen LogP) is 3.78. The van der Waals surface area contributed by atoms with Gasteiger partial charge in [0, 0.05) is 12.1 Å². The van der Waals surface area contributed by atoms with Crippen molar-refractivity contribution in [1.29, 1.82) is 0 Å². The lowest BCUT2D eigenvalue weighted by molar-refractivity contribution is -0.385. The maximum absolute atomic E-state index is 13.2. The van der Waals surface area contributed by atoms with Crippen LogP contribution in [0, 0.1) is 15.9 Å². The lowest BCUT2D eigenvalue weighted by Crippen LogP contribution is -1.95. The Morgan fingerprint density at radius 3 is 2.60 bits per heavy atom. The van der Waals surface area contributed by atoms with E-state index in [4.69, 9.17) is 9.84 Å². The van der Waals surface area contributed by atoms with E-state index in [0.29, 0.717) is 10.0 Å². The van der Waals surface area contributed by atoms with Crippen LogP contribution in [0.5, 0.6) is 11.5 Å². The van der Waals surface area contributed by atoms with Crippen LogP contribution in [-0.4, -0.2) is 10.0 Å². The number of ether oxygens (including phenoxy) is 1. The lowest BCUT2D eigenvalue weighted by atomic mass is 10.2. The Labute approximate surface area is 121 Å². The number of nitro benzene ring substituents is 1. The summed E-state index contributed by atoms with van der Waals surface area (Å²) in [7, 11) is 0. The van der Waals surface area contributed by atoms with E-state index < -0.39 is 10.7 Å². The largest absolute Gasteiger partial charge is 0.449 e. The molecule has 7 heteroatoms. The van der Waals surface area contributed by atoms with Crippen LogP contribution in [0.4, 0.5) is 10.1 Å². The Balaban J connectivity index is 2.39. The van der Waals surface area contributed by atoms with Crippen molar-refractivity contribution in [3.63, 3.8) is 0 Å². The van der Waals surface area contributed by atoms with E-state index in [0.717, 1.165) is 18.2 Å². The molecule has 0 spiro atoms. The van der Waals surface area contributed by atoms with Crippen LogP contribution in [0.3, 0.4) is 0 Å². The average molecular weight is 342 g/mol. The molecule has 20 heavy (non-hydrogen) atoms. The SMILES string of the molecule is O=[N+]([O-])c1ccc(F)cc1Oc1ccc(CO)cc1Br. The van der Waals surface area contributed by atoms with Gasteiger partial charge in [-0.25, -0.2) is 4.39 Å². The second-order valence-electron chi connectivity index (χ2n) is 3.89. The molecule has 0 radical (unpaired) electrons. The molecule has 0 fully saturated rings. The minimum Gasteiger partial charge on any atom is -0.449 e. The van der Waals surface area contributed by atoms with Crippen molar-refractivity contribution in [3.8, 4) is 11.5 Å². The number of aliphatic hydroxyl groups is 1. The summed E-state index contributed by atoms with van der Waals surface area (Å²) in [5.41, 5.74) is 0.322. The first-order valence-electron chi connectivity index (χ1n) is 5.52. The second-order valence-corrected chi connectivity index (χ2v) is 4.75. The van der Waals surface area contributed by atoms with Gasteiger partial charge in [-0.15, -0.1) is 0 Å². The molecule has 104 valence electrons. The Bertz CT molecular complexity index is 663. The van der Waals surface area contributed by atoms with Gasteiger partial charge in [0.05, 0.1) is 16.0 Å². The Morgan fingerprint density at radius 1 is 1.25 bits per heavy atom. The molecule has 5 nitrogen and oxygen atoms in total. The van der Waals surface area contributed by atoms with Crippen LogP contribution in [0.25, 0.3) is 0 Å². The third-order valence-electron chi connectivity index (χ3n) is 2.52. The van der Waals surface area contributed by atoms with Crippen LogP contribution in [-0.2, 0) is 6.61 Å². The number of nitro groups is 1. The molecular formula is C13H9BrFNO4. The fourth-order valence-corrected chi connectivity index (χ4v) is 2.07. The normalized spacial score (nSPS) is 10.3. The molecule has 0 aliphatic rings. The standard InChI is InChI=1S/C13H9BrFNO4/c14-10-5-8(7-17)1-4-12(10)20-13-6-9(15)2-3-11(13)16(18)19/h1-6,17H,7H2. The molecule has 0 aliphatic heterocycles. The van der Waals surface area contributed by atoms with Crippen molar-refractivity contribution in [2.45, 2.75) is 6.61 Å². The van der Waals surface area contributed by atoms with Crippen molar-refractivity contribution < 1.29 is 19.2 Å². The zero-order valence-electron chi connectivity index (χ0n) is 10.0. The van der Waals surface area contributed by atoms with E-state index in [1.165, 1.54) is 6.07 Å². The van der Waals surface area contributed by atoms with Gasteiger partial charge in [-0.2, -0.15) is 0 Å². The summed E-state index contributed by atoms with van der Waals surface area (Å²) < 4.78 is 19.1. The molecule has 0 bridgehead atoms. The number of nitrogens with zero attached hydrogens (tertiary/aromatic N) is 1. The van der Waals surface area contributed by atoms with E-state index in [-0.39, 0.29) is 23.8 Å². The zero-order valence-corrected chi connectivity index (χ0v) is 11.6. The third kappa shape index (κ3) is 3.12. The summed E-state index contributed by atoms with van der Waals surface area (Å²) in [6, 6.07) is 7.73. The van der Waals surface area contributed by atoms with Crippen LogP contribution in [0.2, 0.25) is 0 Å². The number of benzene rings is 2. The highest BCUT2D eigenvalue weighted by molar-refractivity contribution is 9.10. The number of hydrogen-bond acceptors (Lipinski definition) is 4. The van der Waals surface area contributed by atoms with Crippen molar-refractivity contribution in [2.75, 3.05) is 0 Å². The molecule has 0 unspecified atom stereocenters. The summed E-state index contributed by atoms with van der Waals surface area (Å²) in [6.45, 7) is -0.140. The fraction of sp³-hybridized carbons (Fsp3) is 0.0769. The molecule has 2 aromatic rings. The topological polar surface area (TPSA) is 72.6 Å². The highest BCUT2D eigenvalue weighted by Crippen LogP contribution is 2.35. The number of hydrogen-bond donors (Lipinski definition) is 1. The molecular weight excluding hydrogens is 333 g/mol. The summed E-state index contributed by atoms with van der Waals surface area (Å²) in [5, 5.41) is 19.9. The quantitative estimate of drug-likeness (QED) is 0.678. The summed E-state index contributed by atoms with van der Waals surface area (Å²) in [4.78, 5) is 10.2. The average Bonchev–Trinajstić information content (AvgIpc) is 2.40. The van der Waals surface area contributed by atoms with E-state index in [1.807, 2.05) is 0 Å². The maximum Gasteiger partial charge on any atom is 0.311 e. The van der Waals surface area contributed by atoms with Gasteiger partial charge in [0.2, 0.25) is 5.75 Å². The minimum absolute atomic E-state index is 0.140. The number of aliphatic hydroxyl groups excluding tert-OH is 1. The van der Waals surface area contributed by atoms with Gasteiger partial charge in [0.15, 0.2) is 0 Å². The molecule has 0 saturated heterocycles. The van der Waals surface area contributed by atoms with E-state index in [1.54, 1.807) is 12.1 Å². The van der Waals surface area contributed by atoms with Crippen molar-refractivity contribution >= 4 is 21.6 Å². The first kappa shape index (κ1) is 14.4. The molecule has 0 amide bonds. The van der Waals surface area contributed by atoms with Gasteiger partial charge in [-0.3, -0.25) is 10.1 Å². The van der Waals surface area contributed by atoms with Crippen LogP contribution in [0.15, 0.2) is 40.9 Å². The van der Waals surface area contributed by atoms with Crippen LogP contribution in [0.1, 0.15) is 5.56 Å². The highest BCUT2D eigenvalue weighted by Gasteiger charge is 2.17. The molecule has 2 aromatic carbocycles. The van der Waals surface area contributed by atoms with Gasteiger partial charge >= 0.3 is 5.69 Å². The first-order chi connectivity index (χ1) is 9.51. The van der Waals surface area contributed by atoms with Crippen LogP contribution < -0.4 is 4.74 Å². The fourth-order valence-electron chi connectivity index (χ4n) is 1.56. The number of rotatable bonds is 4. The van der Waals surface area contributed by atoms with Gasteiger partial charge in [-0.1, -0.05) is 6.07 Å². The lowest BCUT2D eigenvalue weighted by Gasteiger charge is -2.09. The summed E-state index contributed by atoms with van der Waals surface area (Å²) in [6.07, 6.45) is 0. The van der Waals surface area contributed by atoms with Crippen molar-refractivity contribution in [2.24, 2.45) is 0 Å². The molecule has 0 atom stereocenters. The Morgan fingerprint density at radius 2 is 2.00 bits per heavy atom. The molecule has 1 N–H and O–H groups in total. The van der Waals surface area contributed by atoms with Crippen molar-refractivity contribution in [1.82, 2.24) is 0 Å². The first-order valence-corrected chi connectivity index (χ1v) is 6.31. The van der Waals surface area contributed by atoms with Gasteiger partial charge < -0.3 is 9.84 Å². The minimum atomic E-state index is -0.648. The Kier molecular flexibility index (Phi) is 4.31. The molecule has 2 rings (SSSR count). The van der Waals surface area contributed by atoms with E-state index >= 15 is 0 Å². The molecule has 0 heterocycles. The van der Waals surface area contributed by atoms with Gasteiger partial charge in [-0.05, 0) is 39.7 Å². The van der Waals surface area contributed by atoms with Gasteiger partial charge in [0.25, 0.3) is 0 Å². The zero-order chi connectivity index (χ0) is 14.7. The van der Waals surface area contributed by atoms with E-state index in [2.05, 4.69) is 15.9 Å². The van der Waals surface area contributed by atoms with Gasteiger partial charge in [0.1, 0.15) is 11.6 Å². The van der Waals surface area contributed by atoms with Crippen molar-refractivity contribution in [3.05, 3.63) is 62.4 Å². The molecule has 0 saturated carbocycles. The maximum atomic E-state index is 13.2. The predicted molar refractivity (Wildman–Crippen MR) is 73.2 cm³/mol.